The van der Waals surface area contributed by atoms with Gasteiger partial charge in [-0.2, -0.15) is 0 Å². The highest BCUT2D eigenvalue weighted by Gasteiger charge is 2.15. The normalized spacial score (nSPS) is 10.8. The summed E-state index contributed by atoms with van der Waals surface area (Å²) in [6.45, 7) is 7.97. The number of nitrogens with zero attached hydrogens (tertiary/aromatic N) is 1. The van der Waals surface area contributed by atoms with Gasteiger partial charge in [0.2, 0.25) is 0 Å². The minimum absolute atomic E-state index is 0.0544. The van der Waals surface area contributed by atoms with E-state index in [1.807, 2.05) is 24.8 Å². The molecule has 5 heteroatoms. The average molecular weight is 293 g/mol. The number of benzene rings is 1. The second kappa shape index (κ2) is 7.67. The highest BCUT2D eigenvalue weighted by Crippen LogP contribution is 2.20. The van der Waals surface area contributed by atoms with Crippen molar-refractivity contribution in [3.63, 3.8) is 0 Å². The van der Waals surface area contributed by atoms with E-state index in [4.69, 9.17) is 9.84 Å². The van der Waals surface area contributed by atoms with Crippen LogP contribution in [0.2, 0.25) is 0 Å². The molecule has 0 amide bonds. The van der Waals surface area contributed by atoms with Gasteiger partial charge in [-0.3, -0.25) is 4.79 Å². The summed E-state index contributed by atoms with van der Waals surface area (Å²) in [5.41, 5.74) is 1.30. The zero-order valence-electron chi connectivity index (χ0n) is 13.0. The molecule has 0 heterocycles. The van der Waals surface area contributed by atoms with Crippen LogP contribution in [0.3, 0.4) is 0 Å². The molecule has 0 aliphatic heterocycles. The Hall–Kier alpha value is -2.04. The molecule has 1 aromatic carbocycles. The van der Waals surface area contributed by atoms with Crippen molar-refractivity contribution >= 4 is 17.6 Å². The summed E-state index contributed by atoms with van der Waals surface area (Å²) in [6, 6.07) is 7.23. The number of rotatable bonds is 7. The average Bonchev–Trinajstić information content (AvgIpc) is 2.37. The molecule has 0 aliphatic rings. The van der Waals surface area contributed by atoms with Gasteiger partial charge in [-0.1, -0.05) is 6.07 Å². The smallest absolute Gasteiger partial charge is 0.338 e. The first kappa shape index (κ1) is 17.0. The SMILES string of the molecule is CC(C)OC(=O)c1cccc(N(CCC(=O)O)C(C)C)c1. The number of hydrogen-bond donors (Lipinski definition) is 1. The lowest BCUT2D eigenvalue weighted by Crippen LogP contribution is -2.33. The molecule has 0 radical (unpaired) electrons. The molecule has 5 nitrogen and oxygen atoms in total. The summed E-state index contributed by atoms with van der Waals surface area (Å²) in [5.74, 6) is -1.20. The standard InChI is InChI=1S/C16H23NO4/c1-11(2)17(9-8-15(18)19)14-7-5-6-13(10-14)16(20)21-12(3)4/h5-7,10-12H,8-9H2,1-4H3,(H,18,19). The van der Waals surface area contributed by atoms with Crippen LogP contribution in [0.4, 0.5) is 5.69 Å². The lowest BCUT2D eigenvalue weighted by molar-refractivity contribution is -0.136. The molecule has 1 aromatic rings. The Bertz CT molecular complexity index is 497. The number of hydrogen-bond acceptors (Lipinski definition) is 4. The van der Waals surface area contributed by atoms with Gasteiger partial charge in [-0.05, 0) is 45.9 Å². The van der Waals surface area contributed by atoms with Crippen LogP contribution in [-0.4, -0.2) is 35.7 Å². The first-order valence-electron chi connectivity index (χ1n) is 7.10. The van der Waals surface area contributed by atoms with Crippen molar-refractivity contribution in [3.05, 3.63) is 29.8 Å². The quantitative estimate of drug-likeness (QED) is 0.783. The molecule has 1 N–H and O–H groups in total. The summed E-state index contributed by atoms with van der Waals surface area (Å²) < 4.78 is 5.18. The van der Waals surface area contributed by atoms with E-state index >= 15 is 0 Å². The van der Waals surface area contributed by atoms with Crippen LogP contribution < -0.4 is 4.90 Å². The Labute approximate surface area is 125 Å². The molecule has 21 heavy (non-hydrogen) atoms. The summed E-state index contributed by atoms with van der Waals surface area (Å²) in [7, 11) is 0. The molecular formula is C16H23NO4. The maximum atomic E-state index is 11.9. The van der Waals surface area contributed by atoms with Crippen molar-refractivity contribution in [2.24, 2.45) is 0 Å². The largest absolute Gasteiger partial charge is 0.481 e. The number of carbonyl (C=O) groups excluding carboxylic acids is 1. The molecule has 0 saturated heterocycles. The van der Waals surface area contributed by atoms with Crippen LogP contribution in [0.25, 0.3) is 0 Å². The maximum absolute atomic E-state index is 11.9. The number of aliphatic carboxylic acids is 1. The minimum atomic E-state index is -0.837. The third-order valence-electron chi connectivity index (χ3n) is 2.95. The van der Waals surface area contributed by atoms with Gasteiger partial charge < -0.3 is 14.7 Å². The Balaban J connectivity index is 2.94. The number of carboxylic acids is 1. The van der Waals surface area contributed by atoms with Crippen LogP contribution in [0.15, 0.2) is 24.3 Å². The molecule has 1 rings (SSSR count). The zero-order chi connectivity index (χ0) is 16.0. The summed E-state index contributed by atoms with van der Waals surface area (Å²) in [5, 5.41) is 8.83. The minimum Gasteiger partial charge on any atom is -0.481 e. The van der Waals surface area contributed by atoms with E-state index in [2.05, 4.69) is 0 Å². The van der Waals surface area contributed by atoms with Gasteiger partial charge in [0, 0.05) is 18.3 Å². The van der Waals surface area contributed by atoms with Crippen molar-refractivity contribution in [2.75, 3.05) is 11.4 Å². The maximum Gasteiger partial charge on any atom is 0.338 e. The van der Waals surface area contributed by atoms with Crippen LogP contribution in [0.5, 0.6) is 0 Å². The Morgan fingerprint density at radius 2 is 1.90 bits per heavy atom. The lowest BCUT2D eigenvalue weighted by Gasteiger charge is -2.28. The van der Waals surface area contributed by atoms with Gasteiger partial charge in [0.25, 0.3) is 0 Å². The van der Waals surface area contributed by atoms with E-state index in [0.29, 0.717) is 12.1 Å². The fraction of sp³-hybridized carbons (Fsp3) is 0.500. The Morgan fingerprint density at radius 1 is 1.24 bits per heavy atom. The van der Waals surface area contributed by atoms with Gasteiger partial charge in [-0.15, -0.1) is 0 Å². The zero-order valence-corrected chi connectivity index (χ0v) is 13.0. The van der Waals surface area contributed by atoms with E-state index in [9.17, 15) is 9.59 Å². The first-order chi connectivity index (χ1) is 9.81. The van der Waals surface area contributed by atoms with Crippen molar-refractivity contribution in [1.82, 2.24) is 0 Å². The van der Waals surface area contributed by atoms with Crippen LogP contribution in [-0.2, 0) is 9.53 Å². The Morgan fingerprint density at radius 3 is 2.43 bits per heavy atom. The molecule has 0 bridgehead atoms. The molecule has 0 aromatic heterocycles. The molecular weight excluding hydrogens is 270 g/mol. The van der Waals surface area contributed by atoms with E-state index in [0.717, 1.165) is 5.69 Å². The Kier molecular flexibility index (Phi) is 6.21. The van der Waals surface area contributed by atoms with Crippen molar-refractivity contribution in [3.8, 4) is 0 Å². The van der Waals surface area contributed by atoms with E-state index < -0.39 is 5.97 Å². The molecule has 0 saturated carbocycles. The molecule has 0 aliphatic carbocycles. The van der Waals surface area contributed by atoms with Gasteiger partial charge in [-0.25, -0.2) is 4.79 Å². The van der Waals surface area contributed by atoms with Gasteiger partial charge in [0.05, 0.1) is 18.1 Å². The summed E-state index contributed by atoms with van der Waals surface area (Å²) in [6.07, 6.45) is -0.117. The summed E-state index contributed by atoms with van der Waals surface area (Å²) in [4.78, 5) is 24.6. The number of esters is 1. The number of carboxylic acid groups (broad SMARTS) is 1. The molecule has 0 fully saturated rings. The molecule has 0 atom stereocenters. The van der Waals surface area contributed by atoms with Crippen molar-refractivity contribution in [2.45, 2.75) is 46.3 Å². The van der Waals surface area contributed by atoms with E-state index in [1.54, 1.807) is 32.0 Å². The molecule has 116 valence electrons. The van der Waals surface area contributed by atoms with Crippen molar-refractivity contribution in [1.29, 1.82) is 0 Å². The van der Waals surface area contributed by atoms with Crippen LogP contribution in [0, 0.1) is 0 Å². The first-order valence-corrected chi connectivity index (χ1v) is 7.10. The van der Waals surface area contributed by atoms with Crippen LogP contribution >= 0.6 is 0 Å². The molecule has 0 spiro atoms. The highest BCUT2D eigenvalue weighted by atomic mass is 16.5. The van der Waals surface area contributed by atoms with E-state index in [1.165, 1.54) is 0 Å². The molecule has 0 unspecified atom stereocenters. The third-order valence-corrected chi connectivity index (χ3v) is 2.95. The van der Waals surface area contributed by atoms with Crippen molar-refractivity contribution < 1.29 is 19.4 Å². The highest BCUT2D eigenvalue weighted by molar-refractivity contribution is 5.90. The monoisotopic (exact) mass is 293 g/mol. The predicted octanol–water partition coefficient (Wildman–Crippen LogP) is 2.94. The second-order valence-corrected chi connectivity index (χ2v) is 5.44. The van der Waals surface area contributed by atoms with Gasteiger partial charge >= 0.3 is 11.9 Å². The predicted molar refractivity (Wildman–Crippen MR) is 81.7 cm³/mol. The second-order valence-electron chi connectivity index (χ2n) is 5.44. The number of carbonyl (C=O) groups is 2. The number of anilines is 1. The van der Waals surface area contributed by atoms with Crippen LogP contribution in [0.1, 0.15) is 44.5 Å². The third kappa shape index (κ3) is 5.45. The summed E-state index contributed by atoms with van der Waals surface area (Å²) >= 11 is 0. The number of ether oxygens (including phenoxy) is 1. The van der Waals surface area contributed by atoms with E-state index in [-0.39, 0.29) is 24.5 Å². The lowest BCUT2D eigenvalue weighted by atomic mass is 10.1. The topological polar surface area (TPSA) is 66.8 Å². The fourth-order valence-corrected chi connectivity index (χ4v) is 2.00. The van der Waals surface area contributed by atoms with Gasteiger partial charge in [0.1, 0.15) is 0 Å². The van der Waals surface area contributed by atoms with Gasteiger partial charge in [0.15, 0.2) is 0 Å². The fourth-order valence-electron chi connectivity index (χ4n) is 2.00.